The molecule has 4 aromatic carbocycles. The second-order valence-electron chi connectivity index (χ2n) is 9.39. The van der Waals surface area contributed by atoms with E-state index in [1.807, 2.05) is 13.8 Å². The van der Waals surface area contributed by atoms with Gasteiger partial charge in [0.2, 0.25) is 0 Å². The standard InChI is InChI=1S/C29H26NO7S3.2Na.O3S/c1-21-3-15-27(16-4-21)38(31,32)20-24-9-7-23(8-10-24)11-12-25-13-14-26(19-29(25)40(35,36)37)30-39(33,34)28-17-5-22(2)6-18-28;;;1-4(2)3/h3-7,9-19,30H,20H2,1-2H3,(H,35,36,37);;;/q-1;2*+1;/p-1/b12-11+;;;. The van der Waals surface area contributed by atoms with Gasteiger partial charge in [0, 0.05) is 5.75 Å². The molecule has 4 rings (SSSR count). The van der Waals surface area contributed by atoms with Crippen molar-refractivity contribution in [3.63, 3.8) is 0 Å². The van der Waals surface area contributed by atoms with Crippen LogP contribution in [0.2, 0.25) is 0 Å². The van der Waals surface area contributed by atoms with Crippen LogP contribution in [0.15, 0.2) is 99.6 Å². The summed E-state index contributed by atoms with van der Waals surface area (Å²) in [7, 11) is -15.6. The zero-order valence-corrected chi connectivity index (χ0v) is 32.4. The number of hydrogen-bond acceptors (Lipinski definition) is 10. The van der Waals surface area contributed by atoms with Crippen molar-refractivity contribution in [2.75, 3.05) is 4.72 Å². The number of benzene rings is 4. The summed E-state index contributed by atoms with van der Waals surface area (Å²) in [6.45, 7) is 3.68. The Bertz CT molecular complexity index is 2110. The van der Waals surface area contributed by atoms with Gasteiger partial charge >= 0.3 is 69.7 Å². The number of hydrogen-bond donors (Lipinski definition) is 1. The Hall–Kier alpha value is -2.15. The molecule has 0 saturated carbocycles. The summed E-state index contributed by atoms with van der Waals surface area (Å²) in [5.41, 5.74) is 2.81. The monoisotopic (exact) mass is 721 g/mol. The number of anilines is 1. The second-order valence-corrected chi connectivity index (χ2v) is 14.8. The van der Waals surface area contributed by atoms with Gasteiger partial charge in [-0.2, -0.15) is 5.56 Å². The molecule has 232 valence electrons. The summed E-state index contributed by atoms with van der Waals surface area (Å²) >= 11 is 0. The van der Waals surface area contributed by atoms with Crippen molar-refractivity contribution in [2.24, 2.45) is 0 Å². The molecule has 0 amide bonds. The molecular weight excluding hydrogens is 697 g/mol. The number of rotatable bonds is 9. The zero-order chi connectivity index (χ0) is 32.7. The molecule has 0 radical (unpaired) electrons. The molecule has 0 aromatic heterocycles. The van der Waals surface area contributed by atoms with Crippen molar-refractivity contribution < 1.29 is 102 Å². The van der Waals surface area contributed by atoms with E-state index in [0.717, 1.165) is 17.2 Å². The third-order valence-corrected chi connectivity index (χ3v) is 9.94. The Labute approximate surface area is 314 Å². The van der Waals surface area contributed by atoms with Gasteiger partial charge < -0.3 is 4.55 Å². The molecule has 0 aliphatic carbocycles. The van der Waals surface area contributed by atoms with E-state index in [1.165, 1.54) is 42.5 Å². The SMILES string of the molecule is Cc1ccc(S(=O)(=O)Cc2c[c-]c(/C=C/c3ccc(NS(=O)(=O)c4ccc(C)cc4)cc3S(=O)(=O)[O-])cc2)cc1.O=S(=O)=O.[Na+].[Na+]. The summed E-state index contributed by atoms with van der Waals surface area (Å²) < 4.78 is 114. The summed E-state index contributed by atoms with van der Waals surface area (Å²) in [6, 6.07) is 24.0. The van der Waals surface area contributed by atoms with E-state index >= 15 is 0 Å². The van der Waals surface area contributed by atoms with Crippen molar-refractivity contribution in [3.8, 4) is 0 Å². The topological polar surface area (TPSA) is 189 Å². The molecule has 0 spiro atoms. The molecule has 0 fully saturated rings. The van der Waals surface area contributed by atoms with Gasteiger partial charge in [-0.15, -0.1) is 48.5 Å². The second kappa shape index (κ2) is 17.8. The Morgan fingerprint density at radius 2 is 1.26 bits per heavy atom. The van der Waals surface area contributed by atoms with E-state index in [4.69, 9.17) is 12.6 Å². The van der Waals surface area contributed by atoms with Crippen molar-refractivity contribution in [1.29, 1.82) is 0 Å². The van der Waals surface area contributed by atoms with E-state index in [1.54, 1.807) is 48.5 Å². The average Bonchev–Trinajstić information content (AvgIpc) is 2.92. The molecule has 46 heavy (non-hydrogen) atoms. The van der Waals surface area contributed by atoms with E-state index in [0.29, 0.717) is 11.1 Å². The smallest absolute Gasteiger partial charge is 0.744 e. The fourth-order valence-corrected chi connectivity index (χ4v) is 6.86. The first-order valence-corrected chi connectivity index (χ1v) is 17.9. The molecule has 0 unspecified atom stereocenters. The van der Waals surface area contributed by atoms with E-state index in [2.05, 4.69) is 10.8 Å². The number of sulfonamides is 1. The van der Waals surface area contributed by atoms with Crippen LogP contribution in [0, 0.1) is 19.9 Å². The van der Waals surface area contributed by atoms with Gasteiger partial charge in [-0.1, -0.05) is 47.5 Å². The minimum Gasteiger partial charge on any atom is -0.744 e. The molecule has 0 bridgehead atoms. The van der Waals surface area contributed by atoms with Crippen molar-refractivity contribution >= 4 is 58.4 Å². The van der Waals surface area contributed by atoms with Gasteiger partial charge in [0.15, 0.2) is 9.84 Å². The van der Waals surface area contributed by atoms with Crippen LogP contribution < -0.4 is 63.8 Å². The van der Waals surface area contributed by atoms with E-state index in [9.17, 15) is 29.8 Å². The van der Waals surface area contributed by atoms with Gasteiger partial charge in [0.25, 0.3) is 10.0 Å². The molecule has 0 aliphatic rings. The van der Waals surface area contributed by atoms with Crippen LogP contribution >= 0.6 is 0 Å². The molecule has 1 N–H and O–H groups in total. The fraction of sp³-hybridized carbons (Fsp3) is 0.103. The van der Waals surface area contributed by atoms with Crippen LogP contribution in [-0.4, -0.2) is 42.4 Å². The predicted octanol–water partition coefficient (Wildman–Crippen LogP) is -2.04. The number of sulfone groups is 1. The maximum Gasteiger partial charge on any atom is 1.00 e. The largest absolute Gasteiger partial charge is 1.00 e. The maximum atomic E-state index is 12.7. The molecular formula is C29H25NNa2O10S4. The van der Waals surface area contributed by atoms with Crippen LogP contribution in [0.1, 0.15) is 27.8 Å². The molecule has 17 heteroatoms. The van der Waals surface area contributed by atoms with Gasteiger partial charge in [-0.05, 0) is 55.8 Å². The first-order valence-electron chi connectivity index (χ1n) is 12.4. The molecule has 0 atom stereocenters. The Balaban J connectivity index is 0.00000166. The van der Waals surface area contributed by atoms with Gasteiger partial charge in [-0.3, -0.25) is 4.72 Å². The molecule has 0 aliphatic heterocycles. The average molecular weight is 722 g/mol. The normalized spacial score (nSPS) is 11.4. The molecule has 0 saturated heterocycles. The first-order chi connectivity index (χ1) is 20.5. The van der Waals surface area contributed by atoms with Crippen LogP contribution in [0.5, 0.6) is 0 Å². The Morgan fingerprint density at radius 3 is 1.74 bits per heavy atom. The van der Waals surface area contributed by atoms with Crippen molar-refractivity contribution in [1.82, 2.24) is 0 Å². The molecule has 4 aromatic rings. The predicted molar refractivity (Wildman–Crippen MR) is 162 cm³/mol. The quantitative estimate of drug-likeness (QED) is 0.0873. The van der Waals surface area contributed by atoms with Crippen LogP contribution in [0.3, 0.4) is 0 Å². The van der Waals surface area contributed by atoms with Crippen LogP contribution in [0.4, 0.5) is 5.69 Å². The minimum atomic E-state index is -4.96. The maximum absolute atomic E-state index is 12.7. The Morgan fingerprint density at radius 1 is 0.739 bits per heavy atom. The summed E-state index contributed by atoms with van der Waals surface area (Å²) in [6.07, 6.45) is 2.90. The fourth-order valence-electron chi connectivity index (χ4n) is 3.77. The minimum absolute atomic E-state index is 0. The Kier molecular flexibility index (Phi) is 16.2. The summed E-state index contributed by atoms with van der Waals surface area (Å²) in [4.78, 5) is -0.397. The molecule has 11 nitrogen and oxygen atoms in total. The van der Waals surface area contributed by atoms with Crippen molar-refractivity contribution in [3.05, 3.63) is 119 Å². The van der Waals surface area contributed by atoms with Crippen LogP contribution in [-0.2, 0) is 46.3 Å². The number of aryl methyl sites for hydroxylation is 2. The number of nitrogens with one attached hydrogen (secondary N) is 1. The third kappa shape index (κ3) is 12.8. The van der Waals surface area contributed by atoms with Gasteiger partial charge in [-0.25, -0.2) is 25.3 Å². The van der Waals surface area contributed by atoms with E-state index < -0.39 is 45.5 Å². The zero-order valence-electron chi connectivity index (χ0n) is 25.2. The van der Waals surface area contributed by atoms with E-state index in [-0.39, 0.29) is 85.9 Å². The van der Waals surface area contributed by atoms with Crippen molar-refractivity contribution in [2.45, 2.75) is 34.3 Å². The van der Waals surface area contributed by atoms with Gasteiger partial charge in [0.1, 0.15) is 10.1 Å². The molecule has 0 heterocycles. The first kappa shape index (κ1) is 41.9. The van der Waals surface area contributed by atoms with Gasteiger partial charge in [0.05, 0.1) is 20.4 Å². The summed E-state index contributed by atoms with van der Waals surface area (Å²) in [5.74, 6) is -0.213. The van der Waals surface area contributed by atoms with Crippen LogP contribution in [0.25, 0.3) is 12.2 Å². The summed E-state index contributed by atoms with van der Waals surface area (Å²) in [5, 5.41) is 0. The third-order valence-electron chi connectivity index (χ3n) is 5.95.